The Morgan fingerprint density at radius 1 is 0.533 bits per heavy atom. The fourth-order valence-corrected chi connectivity index (χ4v) is 15.4. The highest BCUT2D eigenvalue weighted by Crippen LogP contribution is 2.21. The van der Waals surface area contributed by atoms with Crippen molar-refractivity contribution < 1.29 is 8.23 Å². The lowest BCUT2D eigenvalue weighted by atomic mass is 10.4. The van der Waals surface area contributed by atoms with Gasteiger partial charge in [0.25, 0.3) is 16.6 Å². The van der Waals surface area contributed by atoms with Gasteiger partial charge in [0, 0.05) is 0 Å². The maximum Gasteiger partial charge on any atom is 0.350 e. The highest BCUT2D eigenvalue weighted by atomic mass is 28.5. The van der Waals surface area contributed by atoms with Gasteiger partial charge in [0.15, 0.2) is 0 Å². The van der Waals surface area contributed by atoms with Crippen molar-refractivity contribution in [3.63, 3.8) is 0 Å². The zero-order chi connectivity index (χ0) is 21.7. The summed E-state index contributed by atoms with van der Waals surface area (Å²) >= 11 is 0. The predicted octanol–water partition coefficient (Wildman–Crippen LogP) is 3.31. The molecular formula is C25H26O2Si3. The van der Waals surface area contributed by atoms with Crippen LogP contribution in [0.25, 0.3) is 0 Å². The summed E-state index contributed by atoms with van der Waals surface area (Å²) in [6.45, 7) is 6.17. The standard InChI is InChI=1S/C25H26O2Si3/c1-6-28(3,23-17-11-8-12-18-23)26-30(5,25-21-15-10-16-22-25)27-29(4,7-2)24-19-13-9-14-20-24/h1-2,8-22H,3-5H3. The van der Waals surface area contributed by atoms with Crippen molar-refractivity contribution in [2.45, 2.75) is 19.6 Å². The first-order valence-electron chi connectivity index (χ1n) is 9.88. The first kappa shape index (κ1) is 22.0. The molecule has 2 atom stereocenters. The summed E-state index contributed by atoms with van der Waals surface area (Å²) in [5.41, 5.74) is 6.00. The summed E-state index contributed by atoms with van der Waals surface area (Å²) in [6, 6.07) is 30.2. The SMILES string of the molecule is C#C[Si](C)(O[Si](C)(O[Si](C)(C#C)c1ccccc1)c1ccccc1)c1ccccc1. The second-order valence-electron chi connectivity index (χ2n) is 7.60. The Labute approximate surface area is 183 Å². The van der Waals surface area contributed by atoms with E-state index in [-0.39, 0.29) is 0 Å². The molecule has 0 heterocycles. The third-order valence-electron chi connectivity index (χ3n) is 5.30. The van der Waals surface area contributed by atoms with Crippen LogP contribution in [-0.2, 0) is 8.23 Å². The van der Waals surface area contributed by atoms with E-state index in [2.05, 4.69) is 42.9 Å². The molecule has 0 saturated carbocycles. The van der Waals surface area contributed by atoms with E-state index in [1.54, 1.807) is 0 Å². The van der Waals surface area contributed by atoms with E-state index in [0.29, 0.717) is 0 Å². The van der Waals surface area contributed by atoms with Gasteiger partial charge in [0.2, 0.25) is 0 Å². The van der Waals surface area contributed by atoms with Crippen LogP contribution in [0.5, 0.6) is 0 Å². The molecular weight excluding hydrogens is 417 g/mol. The Balaban J connectivity index is 2.09. The third-order valence-corrected chi connectivity index (χ3v) is 17.0. The minimum atomic E-state index is -2.97. The van der Waals surface area contributed by atoms with Crippen LogP contribution in [-0.4, -0.2) is 25.2 Å². The summed E-state index contributed by atoms with van der Waals surface area (Å²) in [4.78, 5) is 0. The highest BCUT2D eigenvalue weighted by molar-refractivity contribution is 7.04. The van der Waals surface area contributed by atoms with Crippen molar-refractivity contribution in [1.82, 2.24) is 0 Å². The maximum absolute atomic E-state index is 6.92. The minimum absolute atomic E-state index is 1.03. The largest absolute Gasteiger partial charge is 0.420 e. The monoisotopic (exact) mass is 442 g/mol. The van der Waals surface area contributed by atoms with Crippen LogP contribution in [0, 0.1) is 23.9 Å². The molecule has 30 heavy (non-hydrogen) atoms. The summed E-state index contributed by atoms with van der Waals surface area (Å²) in [5.74, 6) is 0. The molecule has 0 aliphatic carbocycles. The molecule has 2 nitrogen and oxygen atoms in total. The lowest BCUT2D eigenvalue weighted by Gasteiger charge is -2.39. The number of hydrogen-bond acceptors (Lipinski definition) is 2. The smallest absolute Gasteiger partial charge is 0.350 e. The zero-order valence-electron chi connectivity index (χ0n) is 17.6. The van der Waals surface area contributed by atoms with Crippen LogP contribution < -0.4 is 15.6 Å². The fourth-order valence-electron chi connectivity index (χ4n) is 3.51. The number of hydrogen-bond donors (Lipinski definition) is 0. The van der Waals surface area contributed by atoms with Crippen molar-refractivity contribution in [2.24, 2.45) is 0 Å². The topological polar surface area (TPSA) is 18.5 Å². The van der Waals surface area contributed by atoms with Gasteiger partial charge in [-0.25, -0.2) is 0 Å². The van der Waals surface area contributed by atoms with Crippen LogP contribution in [0.1, 0.15) is 0 Å². The first-order chi connectivity index (χ1) is 14.4. The van der Waals surface area contributed by atoms with Gasteiger partial charge >= 0.3 is 8.56 Å². The lowest BCUT2D eigenvalue weighted by Crippen LogP contribution is -2.67. The lowest BCUT2D eigenvalue weighted by molar-refractivity contribution is 0.417. The molecule has 0 amide bonds. The molecule has 0 aromatic heterocycles. The number of terminal acetylenes is 2. The van der Waals surface area contributed by atoms with E-state index in [0.717, 1.165) is 15.6 Å². The van der Waals surface area contributed by atoms with Crippen LogP contribution in [0.15, 0.2) is 91.0 Å². The van der Waals surface area contributed by atoms with Gasteiger partial charge in [0.05, 0.1) is 0 Å². The Kier molecular flexibility index (Phi) is 6.62. The molecule has 0 radical (unpaired) electrons. The van der Waals surface area contributed by atoms with Crippen LogP contribution in [0.4, 0.5) is 0 Å². The molecule has 0 aliphatic heterocycles. The first-order valence-corrected chi connectivity index (χ1v) is 17.0. The van der Waals surface area contributed by atoms with Gasteiger partial charge in [-0.15, -0.1) is 12.8 Å². The Morgan fingerprint density at radius 2 is 0.833 bits per heavy atom. The van der Waals surface area contributed by atoms with E-state index in [1.165, 1.54) is 0 Å². The average molecular weight is 443 g/mol. The molecule has 2 unspecified atom stereocenters. The molecule has 0 N–H and O–H groups in total. The Bertz CT molecular complexity index is 993. The van der Waals surface area contributed by atoms with Gasteiger partial charge in [-0.3, -0.25) is 0 Å². The van der Waals surface area contributed by atoms with Crippen LogP contribution in [0.2, 0.25) is 19.6 Å². The normalized spacial score (nSPS) is 16.8. The number of rotatable bonds is 7. The molecule has 0 bridgehead atoms. The van der Waals surface area contributed by atoms with Crippen molar-refractivity contribution in [3.8, 4) is 23.9 Å². The minimum Gasteiger partial charge on any atom is -0.420 e. The van der Waals surface area contributed by atoms with Crippen LogP contribution in [0.3, 0.4) is 0 Å². The average Bonchev–Trinajstić information content (AvgIpc) is 2.80. The van der Waals surface area contributed by atoms with Gasteiger partial charge in [-0.1, -0.05) is 102 Å². The quantitative estimate of drug-likeness (QED) is 0.413. The highest BCUT2D eigenvalue weighted by Gasteiger charge is 2.48. The zero-order valence-corrected chi connectivity index (χ0v) is 20.6. The second-order valence-corrected chi connectivity index (χ2v) is 17.6. The predicted molar refractivity (Wildman–Crippen MR) is 133 cm³/mol. The van der Waals surface area contributed by atoms with Gasteiger partial charge < -0.3 is 8.23 Å². The molecule has 0 saturated heterocycles. The Morgan fingerprint density at radius 3 is 1.13 bits per heavy atom. The van der Waals surface area contributed by atoms with Crippen molar-refractivity contribution in [3.05, 3.63) is 91.0 Å². The van der Waals surface area contributed by atoms with Gasteiger partial charge in [0.1, 0.15) is 0 Å². The fraction of sp³-hybridized carbons (Fsp3) is 0.120. The van der Waals surface area contributed by atoms with E-state index < -0.39 is 25.2 Å². The van der Waals surface area contributed by atoms with Crippen molar-refractivity contribution >= 4 is 40.8 Å². The summed E-state index contributed by atoms with van der Waals surface area (Å²) in [7, 11) is -8.39. The molecule has 0 fully saturated rings. The van der Waals surface area contributed by atoms with Crippen molar-refractivity contribution in [2.75, 3.05) is 0 Å². The third kappa shape index (κ3) is 4.57. The molecule has 3 aromatic carbocycles. The van der Waals surface area contributed by atoms with Crippen molar-refractivity contribution in [1.29, 1.82) is 0 Å². The molecule has 150 valence electrons. The van der Waals surface area contributed by atoms with Gasteiger partial charge in [-0.2, -0.15) is 0 Å². The Hall–Kier alpha value is -2.65. The second kappa shape index (κ2) is 9.01. The molecule has 5 heteroatoms. The summed E-state index contributed by atoms with van der Waals surface area (Å²) in [6.07, 6.45) is 12.1. The van der Waals surface area contributed by atoms with Crippen LogP contribution >= 0.6 is 0 Å². The molecule has 0 aliphatic rings. The summed E-state index contributed by atoms with van der Waals surface area (Å²) in [5, 5.41) is 3.13. The molecule has 0 spiro atoms. The summed E-state index contributed by atoms with van der Waals surface area (Å²) < 4.78 is 13.8. The molecule has 3 aromatic rings. The number of benzene rings is 3. The molecule has 3 rings (SSSR count). The van der Waals surface area contributed by atoms with Gasteiger partial charge in [-0.05, 0) is 35.2 Å². The van der Waals surface area contributed by atoms with E-state index in [1.807, 2.05) is 78.9 Å². The van der Waals surface area contributed by atoms with E-state index in [9.17, 15) is 0 Å². The maximum atomic E-state index is 6.92. The van der Waals surface area contributed by atoms with E-state index in [4.69, 9.17) is 21.1 Å². The van der Waals surface area contributed by atoms with E-state index >= 15 is 0 Å².